The van der Waals surface area contributed by atoms with Crippen LogP contribution in [0.3, 0.4) is 0 Å². The molecule has 0 unspecified atom stereocenters. The molecule has 1 amide bonds. The van der Waals surface area contributed by atoms with Crippen LogP contribution in [0, 0.1) is 0 Å². The minimum atomic E-state index is -0.583. The number of rotatable bonds is 7. The van der Waals surface area contributed by atoms with E-state index >= 15 is 0 Å². The normalized spacial score (nSPS) is 9.88. The molecule has 0 aliphatic heterocycles. The summed E-state index contributed by atoms with van der Waals surface area (Å²) >= 11 is 0. The van der Waals surface area contributed by atoms with Crippen LogP contribution < -0.4 is 19.5 Å². The first-order valence-corrected chi connectivity index (χ1v) is 7.41. The molecule has 2 rings (SSSR count). The Balaban J connectivity index is 2.08. The van der Waals surface area contributed by atoms with Crippen molar-refractivity contribution in [1.29, 1.82) is 0 Å². The van der Waals surface area contributed by atoms with Gasteiger partial charge in [-0.2, -0.15) is 0 Å². The van der Waals surface area contributed by atoms with Crippen molar-refractivity contribution in [3.8, 4) is 17.2 Å². The molecule has 2 aromatic carbocycles. The van der Waals surface area contributed by atoms with Gasteiger partial charge in [-0.05, 0) is 30.3 Å². The van der Waals surface area contributed by atoms with Crippen molar-refractivity contribution in [3.63, 3.8) is 0 Å². The minimum absolute atomic E-state index is 0.187. The molecule has 1 N–H and O–H groups in total. The molecule has 0 heterocycles. The number of methoxy groups -OCH3 is 3. The van der Waals surface area contributed by atoms with Gasteiger partial charge in [0.1, 0.15) is 5.75 Å². The van der Waals surface area contributed by atoms with E-state index in [2.05, 4.69) is 5.32 Å². The molecule has 7 nitrogen and oxygen atoms in total. The smallest absolute Gasteiger partial charge is 0.340 e. The molecule has 0 atom stereocenters. The number of esters is 1. The van der Waals surface area contributed by atoms with Crippen molar-refractivity contribution in [3.05, 3.63) is 48.0 Å². The van der Waals surface area contributed by atoms with E-state index in [1.54, 1.807) is 36.4 Å². The molecular formula is C18H19NO6. The third-order valence-electron chi connectivity index (χ3n) is 3.33. The van der Waals surface area contributed by atoms with Gasteiger partial charge in [0.15, 0.2) is 18.1 Å². The monoisotopic (exact) mass is 345 g/mol. The topological polar surface area (TPSA) is 83.1 Å². The zero-order chi connectivity index (χ0) is 18.2. The molecule has 0 radical (unpaired) electrons. The second kappa shape index (κ2) is 8.58. The number of benzene rings is 2. The molecule has 0 aliphatic carbocycles. The van der Waals surface area contributed by atoms with Crippen LogP contribution in [0.25, 0.3) is 0 Å². The number of anilines is 1. The van der Waals surface area contributed by atoms with Gasteiger partial charge in [0.25, 0.3) is 5.91 Å². The van der Waals surface area contributed by atoms with E-state index in [-0.39, 0.29) is 12.2 Å². The van der Waals surface area contributed by atoms with Crippen LogP contribution in [0.4, 0.5) is 5.69 Å². The van der Waals surface area contributed by atoms with Crippen molar-refractivity contribution in [2.75, 3.05) is 33.3 Å². The number of carbonyl (C=O) groups is 2. The summed E-state index contributed by atoms with van der Waals surface area (Å²) in [6.45, 7) is -0.243. The molecular weight excluding hydrogens is 326 g/mol. The molecule has 0 aliphatic rings. The molecule has 0 aromatic heterocycles. The number of nitrogens with one attached hydrogen (secondary N) is 1. The van der Waals surface area contributed by atoms with E-state index in [1.165, 1.54) is 27.4 Å². The highest BCUT2D eigenvalue weighted by atomic mass is 16.5. The van der Waals surface area contributed by atoms with Crippen molar-refractivity contribution < 1.29 is 28.5 Å². The Morgan fingerprint density at radius 2 is 1.68 bits per heavy atom. The lowest BCUT2D eigenvalue weighted by Gasteiger charge is -2.13. The average Bonchev–Trinajstić information content (AvgIpc) is 2.66. The lowest BCUT2D eigenvalue weighted by atomic mass is 10.1. The van der Waals surface area contributed by atoms with Crippen LogP contribution >= 0.6 is 0 Å². The predicted molar refractivity (Wildman–Crippen MR) is 91.5 cm³/mol. The summed E-state index contributed by atoms with van der Waals surface area (Å²) < 4.78 is 20.4. The highest BCUT2D eigenvalue weighted by Crippen LogP contribution is 2.26. The summed E-state index contributed by atoms with van der Waals surface area (Å²) in [5, 5.41) is 2.62. The SMILES string of the molecule is COC(=O)c1cc(OC)ccc1NC(=O)COc1ccccc1OC. The van der Waals surface area contributed by atoms with E-state index in [0.29, 0.717) is 22.9 Å². The summed E-state index contributed by atoms with van der Waals surface area (Å²) in [6, 6.07) is 11.7. The van der Waals surface area contributed by atoms with Gasteiger partial charge in [-0.15, -0.1) is 0 Å². The number of ether oxygens (including phenoxy) is 4. The summed E-state index contributed by atoms with van der Waals surface area (Å²) in [4.78, 5) is 24.0. The van der Waals surface area contributed by atoms with Crippen LogP contribution in [-0.4, -0.2) is 39.8 Å². The van der Waals surface area contributed by atoms with Crippen molar-refractivity contribution in [1.82, 2.24) is 0 Å². The van der Waals surface area contributed by atoms with Crippen molar-refractivity contribution in [2.24, 2.45) is 0 Å². The number of amides is 1. The lowest BCUT2D eigenvalue weighted by Crippen LogP contribution is -2.22. The second-order valence-electron chi connectivity index (χ2n) is 4.89. The van der Waals surface area contributed by atoms with Gasteiger partial charge in [-0.25, -0.2) is 4.79 Å². The quantitative estimate of drug-likeness (QED) is 0.777. The Morgan fingerprint density at radius 1 is 0.960 bits per heavy atom. The Hall–Kier alpha value is -3.22. The van der Waals surface area contributed by atoms with E-state index in [9.17, 15) is 9.59 Å². The number of hydrogen-bond acceptors (Lipinski definition) is 6. The summed E-state index contributed by atoms with van der Waals surface area (Å²) in [6.07, 6.45) is 0. The molecule has 7 heteroatoms. The number of para-hydroxylation sites is 2. The highest BCUT2D eigenvalue weighted by Gasteiger charge is 2.16. The van der Waals surface area contributed by atoms with Gasteiger partial charge < -0.3 is 24.3 Å². The summed E-state index contributed by atoms with van der Waals surface area (Å²) in [5.74, 6) is 0.433. The zero-order valence-electron chi connectivity index (χ0n) is 14.2. The van der Waals surface area contributed by atoms with Crippen LogP contribution in [0.2, 0.25) is 0 Å². The summed E-state index contributed by atoms with van der Waals surface area (Å²) in [5.41, 5.74) is 0.494. The first-order chi connectivity index (χ1) is 12.1. The van der Waals surface area contributed by atoms with E-state index < -0.39 is 11.9 Å². The lowest BCUT2D eigenvalue weighted by molar-refractivity contribution is -0.118. The maximum Gasteiger partial charge on any atom is 0.340 e. The fraction of sp³-hybridized carbons (Fsp3) is 0.222. The first-order valence-electron chi connectivity index (χ1n) is 7.41. The second-order valence-corrected chi connectivity index (χ2v) is 4.89. The van der Waals surface area contributed by atoms with Gasteiger partial charge in [0.2, 0.25) is 0 Å². The van der Waals surface area contributed by atoms with Crippen LogP contribution in [-0.2, 0) is 9.53 Å². The Labute approximate surface area is 145 Å². The zero-order valence-corrected chi connectivity index (χ0v) is 14.2. The third kappa shape index (κ3) is 4.63. The van der Waals surface area contributed by atoms with Crippen molar-refractivity contribution >= 4 is 17.6 Å². The fourth-order valence-corrected chi connectivity index (χ4v) is 2.11. The molecule has 132 valence electrons. The predicted octanol–water partition coefficient (Wildman–Crippen LogP) is 2.51. The maximum absolute atomic E-state index is 12.1. The van der Waals surface area contributed by atoms with Gasteiger partial charge in [0, 0.05) is 0 Å². The standard InChI is InChI=1S/C18H19NO6/c1-22-12-8-9-14(13(10-12)18(21)24-3)19-17(20)11-25-16-7-5-4-6-15(16)23-2/h4-10H,11H2,1-3H3,(H,19,20). The number of carbonyl (C=O) groups excluding carboxylic acids is 2. The van der Waals surface area contributed by atoms with Gasteiger partial charge >= 0.3 is 5.97 Å². The van der Waals surface area contributed by atoms with Crippen molar-refractivity contribution in [2.45, 2.75) is 0 Å². The molecule has 0 fully saturated rings. The van der Waals surface area contributed by atoms with Gasteiger partial charge in [0.05, 0.1) is 32.6 Å². The molecule has 0 spiro atoms. The van der Waals surface area contributed by atoms with Gasteiger partial charge in [-0.3, -0.25) is 4.79 Å². The minimum Gasteiger partial charge on any atom is -0.497 e. The molecule has 0 saturated heterocycles. The molecule has 0 saturated carbocycles. The largest absolute Gasteiger partial charge is 0.497 e. The average molecular weight is 345 g/mol. The summed E-state index contributed by atoms with van der Waals surface area (Å²) in [7, 11) is 4.26. The fourth-order valence-electron chi connectivity index (χ4n) is 2.11. The Bertz CT molecular complexity index is 759. The number of hydrogen-bond donors (Lipinski definition) is 1. The van der Waals surface area contributed by atoms with Crippen LogP contribution in [0.15, 0.2) is 42.5 Å². The van der Waals surface area contributed by atoms with Crippen LogP contribution in [0.5, 0.6) is 17.2 Å². The Morgan fingerprint density at radius 3 is 2.32 bits per heavy atom. The van der Waals surface area contributed by atoms with Gasteiger partial charge in [-0.1, -0.05) is 12.1 Å². The molecule has 2 aromatic rings. The van der Waals surface area contributed by atoms with E-state index in [1.807, 2.05) is 0 Å². The van der Waals surface area contributed by atoms with E-state index in [0.717, 1.165) is 0 Å². The molecule has 0 bridgehead atoms. The molecule has 25 heavy (non-hydrogen) atoms. The van der Waals surface area contributed by atoms with Crippen LogP contribution in [0.1, 0.15) is 10.4 Å². The first kappa shape index (κ1) is 18.1. The van der Waals surface area contributed by atoms with E-state index in [4.69, 9.17) is 18.9 Å². The Kier molecular flexibility index (Phi) is 6.22. The maximum atomic E-state index is 12.1. The third-order valence-corrected chi connectivity index (χ3v) is 3.33. The highest BCUT2D eigenvalue weighted by molar-refractivity contribution is 6.02.